The number of aromatic nitrogens is 2. The van der Waals surface area contributed by atoms with Crippen LogP contribution in [0, 0.1) is 11.6 Å². The molecule has 1 heterocycles. The van der Waals surface area contributed by atoms with Crippen LogP contribution in [0.3, 0.4) is 0 Å². The summed E-state index contributed by atoms with van der Waals surface area (Å²) in [5.41, 5.74) is -0.461. The highest BCUT2D eigenvalue weighted by atomic mass is 19.1. The Balaban J connectivity index is 2.06. The number of carbonyl (C=O) groups is 1. The number of halogens is 2. The van der Waals surface area contributed by atoms with E-state index in [2.05, 4.69) is 4.98 Å². The number of carboxylic acid groups (broad SMARTS) is 1. The van der Waals surface area contributed by atoms with Crippen molar-refractivity contribution in [1.82, 2.24) is 9.55 Å². The minimum Gasteiger partial charge on any atom is -0.486 e. The second-order valence-corrected chi connectivity index (χ2v) is 3.72. The van der Waals surface area contributed by atoms with Gasteiger partial charge in [-0.05, 0) is 12.1 Å². The molecule has 1 aromatic heterocycles. The number of benzene rings is 1. The third kappa shape index (κ3) is 3.06. The van der Waals surface area contributed by atoms with Gasteiger partial charge in [0.1, 0.15) is 6.61 Å². The average molecular weight is 268 g/mol. The van der Waals surface area contributed by atoms with Gasteiger partial charge in [-0.25, -0.2) is 18.6 Å². The molecule has 1 aromatic carbocycles. The van der Waals surface area contributed by atoms with E-state index in [9.17, 15) is 13.6 Å². The zero-order valence-electron chi connectivity index (χ0n) is 9.72. The summed E-state index contributed by atoms with van der Waals surface area (Å²) in [6.07, 6.45) is 4.80. The molecule has 0 radical (unpaired) electrons. The summed E-state index contributed by atoms with van der Waals surface area (Å²) >= 11 is 0. The van der Waals surface area contributed by atoms with E-state index in [4.69, 9.17) is 9.84 Å². The Kier molecular flexibility index (Phi) is 3.74. The number of aromatic carboxylic acids is 1. The number of hydrogen-bond donors (Lipinski definition) is 1. The second-order valence-electron chi connectivity index (χ2n) is 3.72. The van der Waals surface area contributed by atoms with Gasteiger partial charge in [0.15, 0.2) is 17.4 Å². The Morgan fingerprint density at radius 3 is 2.58 bits per heavy atom. The molecule has 0 amide bonds. The normalized spacial score (nSPS) is 10.4. The molecule has 0 saturated carbocycles. The summed E-state index contributed by atoms with van der Waals surface area (Å²) in [4.78, 5) is 14.4. The lowest BCUT2D eigenvalue weighted by Gasteiger charge is -2.09. The molecule has 0 saturated heterocycles. The van der Waals surface area contributed by atoms with Crippen molar-refractivity contribution in [2.45, 2.75) is 6.54 Å². The highest BCUT2D eigenvalue weighted by Crippen LogP contribution is 2.23. The molecule has 0 unspecified atom stereocenters. The fourth-order valence-electron chi connectivity index (χ4n) is 1.49. The predicted octanol–water partition coefficient (Wildman–Crippen LogP) is 1.94. The molecule has 2 rings (SSSR count). The maximum absolute atomic E-state index is 13.5. The fraction of sp³-hybridized carbons (Fsp3) is 0.167. The largest absolute Gasteiger partial charge is 0.486 e. The third-order valence-electron chi connectivity index (χ3n) is 2.40. The van der Waals surface area contributed by atoms with Crippen LogP contribution in [-0.4, -0.2) is 27.2 Å². The van der Waals surface area contributed by atoms with Gasteiger partial charge in [0.05, 0.1) is 18.4 Å². The van der Waals surface area contributed by atoms with Crippen molar-refractivity contribution in [2.24, 2.45) is 0 Å². The van der Waals surface area contributed by atoms with E-state index in [0.717, 1.165) is 12.1 Å². The molecule has 0 aliphatic rings. The van der Waals surface area contributed by atoms with Gasteiger partial charge < -0.3 is 14.4 Å². The zero-order chi connectivity index (χ0) is 13.8. The van der Waals surface area contributed by atoms with Crippen LogP contribution in [0.2, 0.25) is 0 Å². The Morgan fingerprint density at radius 2 is 2.05 bits per heavy atom. The first-order valence-electron chi connectivity index (χ1n) is 5.39. The van der Waals surface area contributed by atoms with Gasteiger partial charge in [-0.15, -0.1) is 0 Å². The van der Waals surface area contributed by atoms with E-state index in [1.54, 1.807) is 23.3 Å². The topological polar surface area (TPSA) is 64.3 Å². The summed E-state index contributed by atoms with van der Waals surface area (Å²) in [6, 6.07) is 1.44. The molecule has 1 N–H and O–H groups in total. The Hall–Kier alpha value is -2.44. The molecule has 0 aliphatic carbocycles. The van der Waals surface area contributed by atoms with Crippen LogP contribution in [0.25, 0.3) is 0 Å². The van der Waals surface area contributed by atoms with Crippen molar-refractivity contribution in [3.8, 4) is 5.75 Å². The minimum atomic E-state index is -1.40. The molecule has 0 aliphatic heterocycles. The standard InChI is InChI=1S/C12H10F2N2O3/c13-9-5-8(12(17)18)6-10(14)11(9)19-4-3-16-2-1-15-7-16/h1-2,5-7H,3-4H2,(H,17,18). The number of ether oxygens (including phenoxy) is 1. The summed E-state index contributed by atoms with van der Waals surface area (Å²) in [5, 5.41) is 8.64. The minimum absolute atomic E-state index is 0.0383. The van der Waals surface area contributed by atoms with Crippen LogP contribution in [0.15, 0.2) is 30.9 Å². The molecule has 0 fully saturated rings. The van der Waals surface area contributed by atoms with Crippen molar-refractivity contribution >= 4 is 5.97 Å². The van der Waals surface area contributed by atoms with E-state index >= 15 is 0 Å². The van der Waals surface area contributed by atoms with Gasteiger partial charge in [-0.3, -0.25) is 0 Å². The Morgan fingerprint density at radius 1 is 1.37 bits per heavy atom. The first-order valence-corrected chi connectivity index (χ1v) is 5.39. The first-order chi connectivity index (χ1) is 9.08. The quantitative estimate of drug-likeness (QED) is 0.900. The maximum Gasteiger partial charge on any atom is 0.335 e. The number of hydrogen-bond acceptors (Lipinski definition) is 3. The van der Waals surface area contributed by atoms with Gasteiger partial charge in [-0.1, -0.05) is 0 Å². The SMILES string of the molecule is O=C(O)c1cc(F)c(OCCn2ccnc2)c(F)c1. The van der Waals surface area contributed by atoms with E-state index in [0.29, 0.717) is 6.54 Å². The lowest BCUT2D eigenvalue weighted by Crippen LogP contribution is -2.09. The molecule has 0 bridgehead atoms. The predicted molar refractivity (Wildman–Crippen MR) is 61.0 cm³/mol. The molecular weight excluding hydrogens is 258 g/mol. The van der Waals surface area contributed by atoms with Crippen LogP contribution >= 0.6 is 0 Å². The van der Waals surface area contributed by atoms with Crippen LogP contribution in [-0.2, 0) is 6.54 Å². The fourth-order valence-corrected chi connectivity index (χ4v) is 1.49. The lowest BCUT2D eigenvalue weighted by molar-refractivity contribution is 0.0695. The van der Waals surface area contributed by atoms with E-state index < -0.39 is 28.9 Å². The van der Waals surface area contributed by atoms with Crippen molar-refractivity contribution in [2.75, 3.05) is 6.61 Å². The zero-order valence-corrected chi connectivity index (χ0v) is 9.72. The Labute approximate surface area is 107 Å². The molecule has 0 atom stereocenters. The molecular formula is C12H10F2N2O3. The van der Waals surface area contributed by atoms with E-state index in [1.165, 1.54) is 0 Å². The number of nitrogens with zero attached hydrogens (tertiary/aromatic N) is 2. The van der Waals surface area contributed by atoms with Crippen LogP contribution in [0.4, 0.5) is 8.78 Å². The van der Waals surface area contributed by atoms with Gasteiger partial charge >= 0.3 is 5.97 Å². The number of imidazole rings is 1. The second kappa shape index (κ2) is 5.47. The van der Waals surface area contributed by atoms with Gasteiger partial charge in [-0.2, -0.15) is 0 Å². The molecule has 0 spiro atoms. The van der Waals surface area contributed by atoms with Crippen molar-refractivity contribution in [1.29, 1.82) is 0 Å². The summed E-state index contributed by atoms with van der Waals surface area (Å²) in [6.45, 7) is 0.413. The highest BCUT2D eigenvalue weighted by molar-refractivity contribution is 5.87. The van der Waals surface area contributed by atoms with E-state index in [1.807, 2.05) is 0 Å². The van der Waals surface area contributed by atoms with Crippen LogP contribution < -0.4 is 4.74 Å². The van der Waals surface area contributed by atoms with Gasteiger partial charge in [0.2, 0.25) is 0 Å². The Bertz CT molecular complexity index is 562. The molecule has 5 nitrogen and oxygen atoms in total. The summed E-state index contributed by atoms with van der Waals surface area (Å²) in [7, 11) is 0. The number of carboxylic acids is 1. The highest BCUT2D eigenvalue weighted by Gasteiger charge is 2.15. The summed E-state index contributed by atoms with van der Waals surface area (Å²) in [5.74, 6) is -4.06. The number of rotatable bonds is 5. The molecule has 2 aromatic rings. The monoisotopic (exact) mass is 268 g/mol. The van der Waals surface area contributed by atoms with Crippen molar-refractivity contribution in [3.63, 3.8) is 0 Å². The van der Waals surface area contributed by atoms with Crippen molar-refractivity contribution in [3.05, 3.63) is 48.1 Å². The molecule has 7 heteroatoms. The summed E-state index contributed by atoms with van der Waals surface area (Å²) < 4.78 is 33.6. The average Bonchev–Trinajstić information content (AvgIpc) is 2.85. The van der Waals surface area contributed by atoms with Crippen molar-refractivity contribution < 1.29 is 23.4 Å². The van der Waals surface area contributed by atoms with Crippen LogP contribution in [0.1, 0.15) is 10.4 Å². The van der Waals surface area contributed by atoms with Gasteiger partial charge in [0, 0.05) is 12.4 Å². The van der Waals surface area contributed by atoms with Crippen LogP contribution in [0.5, 0.6) is 5.75 Å². The smallest absolute Gasteiger partial charge is 0.335 e. The third-order valence-corrected chi connectivity index (χ3v) is 2.40. The first kappa shape index (κ1) is 13.0. The molecule has 19 heavy (non-hydrogen) atoms. The maximum atomic E-state index is 13.5. The lowest BCUT2D eigenvalue weighted by atomic mass is 10.2. The van der Waals surface area contributed by atoms with E-state index in [-0.39, 0.29) is 6.61 Å². The molecule has 100 valence electrons. The van der Waals surface area contributed by atoms with Gasteiger partial charge in [0.25, 0.3) is 0 Å².